The molecular weight excluding hydrogens is 303 g/mol. The first kappa shape index (κ1) is 18.1. The number of halogens is 1. The Kier molecular flexibility index (Phi) is 7.25. The van der Waals surface area contributed by atoms with Crippen LogP contribution in [-0.2, 0) is 4.79 Å². The molecule has 0 heterocycles. The zero-order chi connectivity index (χ0) is 17.2. The van der Waals surface area contributed by atoms with E-state index in [0.717, 1.165) is 0 Å². The van der Waals surface area contributed by atoms with E-state index in [9.17, 15) is 14.3 Å². The van der Waals surface area contributed by atoms with E-state index in [1.165, 1.54) is 36.6 Å². The van der Waals surface area contributed by atoms with E-state index < -0.39 is 17.8 Å². The number of phenolic OH excluding ortho intramolecular Hbond substituents is 1. The van der Waals surface area contributed by atoms with Crippen LogP contribution in [0.15, 0.2) is 34.3 Å². The van der Waals surface area contributed by atoms with Gasteiger partial charge in [0, 0.05) is 12.8 Å². The molecule has 0 spiro atoms. The summed E-state index contributed by atoms with van der Waals surface area (Å²) in [5, 5.41) is 18.6. The van der Waals surface area contributed by atoms with Gasteiger partial charge in [0.05, 0.1) is 5.56 Å². The van der Waals surface area contributed by atoms with Gasteiger partial charge in [-0.15, -0.1) is 0 Å². The second kappa shape index (κ2) is 9.19. The predicted octanol–water partition coefficient (Wildman–Crippen LogP) is 1.12. The Morgan fingerprint density at radius 1 is 1.39 bits per heavy atom. The van der Waals surface area contributed by atoms with E-state index in [0.29, 0.717) is 13.0 Å². The minimum absolute atomic E-state index is 0.0126. The number of aliphatic carboxylic acids is 1. The third-order valence-electron chi connectivity index (χ3n) is 2.86. The summed E-state index contributed by atoms with van der Waals surface area (Å²) in [7, 11) is 0. The van der Waals surface area contributed by atoms with Crippen molar-refractivity contribution in [2.24, 2.45) is 21.5 Å². The largest absolute Gasteiger partial charge is 0.507 e. The summed E-state index contributed by atoms with van der Waals surface area (Å²) in [5.74, 6) is -1.91. The van der Waals surface area contributed by atoms with Crippen molar-refractivity contribution in [3.8, 4) is 5.75 Å². The molecule has 0 radical (unpaired) electrons. The number of aliphatic imine (C=N–C) groups is 2. The maximum atomic E-state index is 13.5. The summed E-state index contributed by atoms with van der Waals surface area (Å²) in [6.45, 7) is 0.320. The predicted molar refractivity (Wildman–Crippen MR) is 86.9 cm³/mol. The van der Waals surface area contributed by atoms with E-state index in [1.807, 2.05) is 0 Å². The van der Waals surface area contributed by atoms with Crippen molar-refractivity contribution < 1.29 is 19.4 Å². The Hall–Kier alpha value is -2.90. The molecular formula is C15H19FN4O3. The lowest BCUT2D eigenvalue weighted by Gasteiger charge is -2.05. The zero-order valence-electron chi connectivity index (χ0n) is 12.4. The highest BCUT2D eigenvalue weighted by molar-refractivity contribution is 5.82. The molecule has 0 aliphatic rings. The van der Waals surface area contributed by atoms with Crippen molar-refractivity contribution >= 4 is 24.2 Å². The van der Waals surface area contributed by atoms with E-state index in [4.69, 9.17) is 16.6 Å². The second-order valence-electron chi connectivity index (χ2n) is 4.63. The summed E-state index contributed by atoms with van der Waals surface area (Å²) in [6, 6.07) is 3.00. The van der Waals surface area contributed by atoms with Gasteiger partial charge in [0.2, 0.25) is 0 Å². The normalized spacial score (nSPS) is 12.6. The van der Waals surface area contributed by atoms with Crippen LogP contribution in [0.2, 0.25) is 0 Å². The first-order chi connectivity index (χ1) is 10.9. The van der Waals surface area contributed by atoms with Crippen LogP contribution in [0.5, 0.6) is 5.75 Å². The van der Waals surface area contributed by atoms with E-state index in [2.05, 4.69) is 9.98 Å². The van der Waals surface area contributed by atoms with Gasteiger partial charge in [-0.25, -0.2) is 9.18 Å². The highest BCUT2D eigenvalue weighted by Gasteiger charge is 2.14. The van der Waals surface area contributed by atoms with Gasteiger partial charge in [-0.05, 0) is 37.1 Å². The molecule has 8 heteroatoms. The molecule has 0 aliphatic heterocycles. The standard InChI is InChI=1S/C15H19FN4O3/c16-11-5-1-7-13(21)10(11)4-2-8-19-12(14(22)23)6-3-9-20-15(17)18/h1-2,4-5,7-8,12,21H,3,6,9H2,(H,22,23)(H4,17,18,20)/b4-2+,19-8?/t12-/m0/s1. The summed E-state index contributed by atoms with van der Waals surface area (Å²) in [4.78, 5) is 18.7. The fraction of sp³-hybridized carbons (Fsp3) is 0.267. The van der Waals surface area contributed by atoms with Crippen molar-refractivity contribution in [2.45, 2.75) is 18.9 Å². The fourth-order valence-electron chi connectivity index (χ4n) is 1.74. The summed E-state index contributed by atoms with van der Waals surface area (Å²) >= 11 is 0. The van der Waals surface area contributed by atoms with E-state index in [1.54, 1.807) is 0 Å². The minimum atomic E-state index is -1.08. The molecule has 0 saturated carbocycles. The first-order valence-electron chi connectivity index (χ1n) is 6.87. The number of nitrogens with zero attached hydrogens (tertiary/aromatic N) is 2. The number of hydrogen-bond acceptors (Lipinski definition) is 4. The molecule has 0 bridgehead atoms. The SMILES string of the molecule is NC(N)=NCCC[C@H](N=C/C=C/c1c(O)cccc1F)C(=O)O. The minimum Gasteiger partial charge on any atom is -0.507 e. The van der Waals surface area contributed by atoms with Gasteiger partial charge in [-0.2, -0.15) is 0 Å². The molecule has 0 unspecified atom stereocenters. The van der Waals surface area contributed by atoms with Crippen molar-refractivity contribution in [2.75, 3.05) is 6.54 Å². The molecule has 0 amide bonds. The number of carboxylic acid groups (broad SMARTS) is 1. The molecule has 0 fully saturated rings. The van der Waals surface area contributed by atoms with Crippen LogP contribution < -0.4 is 11.5 Å². The van der Waals surface area contributed by atoms with Crippen molar-refractivity contribution in [1.29, 1.82) is 0 Å². The molecule has 0 aliphatic carbocycles. The molecule has 1 aromatic rings. The Bertz CT molecular complexity index is 605. The quantitative estimate of drug-likeness (QED) is 0.323. The molecule has 1 rings (SSSR count). The zero-order valence-corrected chi connectivity index (χ0v) is 12.4. The number of guanidine groups is 1. The summed E-state index contributed by atoms with van der Waals surface area (Å²) < 4.78 is 13.5. The number of allylic oxidation sites excluding steroid dienone is 1. The number of aromatic hydroxyl groups is 1. The van der Waals surface area contributed by atoms with Crippen molar-refractivity contribution in [3.63, 3.8) is 0 Å². The number of carboxylic acids is 1. The molecule has 7 nitrogen and oxygen atoms in total. The van der Waals surface area contributed by atoms with Gasteiger partial charge < -0.3 is 21.7 Å². The highest BCUT2D eigenvalue weighted by Crippen LogP contribution is 2.20. The number of phenols is 1. The van der Waals surface area contributed by atoms with Crippen LogP contribution in [0, 0.1) is 5.82 Å². The van der Waals surface area contributed by atoms with Gasteiger partial charge in [0.1, 0.15) is 17.6 Å². The molecule has 23 heavy (non-hydrogen) atoms. The van der Waals surface area contributed by atoms with Gasteiger partial charge in [0.15, 0.2) is 5.96 Å². The molecule has 0 saturated heterocycles. The van der Waals surface area contributed by atoms with Gasteiger partial charge in [0.25, 0.3) is 0 Å². The Morgan fingerprint density at radius 3 is 2.74 bits per heavy atom. The average Bonchev–Trinajstić information content (AvgIpc) is 2.47. The fourth-order valence-corrected chi connectivity index (χ4v) is 1.74. The first-order valence-corrected chi connectivity index (χ1v) is 6.87. The van der Waals surface area contributed by atoms with Crippen LogP contribution in [0.3, 0.4) is 0 Å². The summed E-state index contributed by atoms with van der Waals surface area (Å²) in [6.07, 6.45) is 4.66. The van der Waals surface area contributed by atoms with Crippen LogP contribution in [-0.4, -0.2) is 40.9 Å². The lowest BCUT2D eigenvalue weighted by Crippen LogP contribution is -2.23. The average molecular weight is 322 g/mol. The topological polar surface area (TPSA) is 134 Å². The third-order valence-corrected chi connectivity index (χ3v) is 2.86. The van der Waals surface area contributed by atoms with E-state index in [-0.39, 0.29) is 23.7 Å². The van der Waals surface area contributed by atoms with Crippen LogP contribution in [0.25, 0.3) is 6.08 Å². The maximum Gasteiger partial charge on any atom is 0.328 e. The Labute approximate surface area is 132 Å². The second-order valence-corrected chi connectivity index (χ2v) is 4.63. The van der Waals surface area contributed by atoms with Gasteiger partial charge in [-0.1, -0.05) is 6.07 Å². The third kappa shape index (κ3) is 6.60. The smallest absolute Gasteiger partial charge is 0.328 e. The van der Waals surface area contributed by atoms with Crippen LogP contribution in [0.1, 0.15) is 18.4 Å². The van der Waals surface area contributed by atoms with Gasteiger partial charge in [-0.3, -0.25) is 9.98 Å². The highest BCUT2D eigenvalue weighted by atomic mass is 19.1. The van der Waals surface area contributed by atoms with Crippen LogP contribution >= 0.6 is 0 Å². The number of nitrogens with two attached hydrogens (primary N) is 2. The molecule has 1 atom stereocenters. The molecule has 6 N–H and O–H groups in total. The maximum absolute atomic E-state index is 13.5. The number of carbonyl (C=O) groups is 1. The molecule has 124 valence electrons. The monoisotopic (exact) mass is 322 g/mol. The number of rotatable bonds is 8. The van der Waals surface area contributed by atoms with Crippen molar-refractivity contribution in [1.82, 2.24) is 0 Å². The van der Waals surface area contributed by atoms with Crippen LogP contribution in [0.4, 0.5) is 4.39 Å². The van der Waals surface area contributed by atoms with Gasteiger partial charge >= 0.3 is 5.97 Å². The van der Waals surface area contributed by atoms with E-state index >= 15 is 0 Å². The Morgan fingerprint density at radius 2 is 2.13 bits per heavy atom. The Balaban J connectivity index is 2.62. The summed E-state index contributed by atoms with van der Waals surface area (Å²) in [5.41, 5.74) is 10.3. The number of benzene rings is 1. The van der Waals surface area contributed by atoms with Crippen molar-refractivity contribution in [3.05, 3.63) is 35.7 Å². The molecule has 0 aromatic heterocycles. The molecule has 1 aromatic carbocycles. The lowest BCUT2D eigenvalue weighted by atomic mass is 10.1. The lowest BCUT2D eigenvalue weighted by molar-refractivity contribution is -0.138. The number of hydrogen-bond donors (Lipinski definition) is 4.